The quantitative estimate of drug-likeness (QED) is 0.788. The fourth-order valence-electron chi connectivity index (χ4n) is 3.61. The molecule has 0 aliphatic carbocycles. The third-order valence-electron chi connectivity index (χ3n) is 5.07. The monoisotopic (exact) mass is 403 g/mol. The molecule has 3 heterocycles. The van der Waals surface area contributed by atoms with Gasteiger partial charge in [-0.15, -0.1) is 11.8 Å². The number of fused-ring (bicyclic) bond motifs is 1. The molecule has 1 fully saturated rings. The number of nitrogens with zero attached hydrogens (tertiary/aromatic N) is 3. The van der Waals surface area contributed by atoms with E-state index in [2.05, 4.69) is 4.98 Å². The zero-order valence-electron chi connectivity index (χ0n) is 14.8. The average molecular weight is 404 g/mol. The molecule has 4 rings (SSSR count). The Morgan fingerprint density at radius 3 is 2.59 bits per heavy atom. The molecule has 1 aromatic carbocycles. The van der Waals surface area contributed by atoms with E-state index in [0.29, 0.717) is 32.5 Å². The van der Waals surface area contributed by atoms with Crippen LogP contribution >= 0.6 is 11.8 Å². The van der Waals surface area contributed by atoms with Gasteiger partial charge in [0.1, 0.15) is 4.90 Å². The van der Waals surface area contributed by atoms with Gasteiger partial charge >= 0.3 is 0 Å². The molecular weight excluding hydrogens is 382 g/mol. The van der Waals surface area contributed by atoms with Crippen molar-refractivity contribution in [3.8, 4) is 0 Å². The van der Waals surface area contributed by atoms with E-state index in [9.17, 15) is 13.2 Å². The number of carbonyl (C=O) groups excluding carboxylic acids is 1. The third-order valence-corrected chi connectivity index (χ3v) is 8.00. The number of hydrogen-bond donors (Lipinski definition) is 0. The lowest BCUT2D eigenvalue weighted by Crippen LogP contribution is -2.45. The van der Waals surface area contributed by atoms with Crippen molar-refractivity contribution in [2.24, 2.45) is 5.92 Å². The summed E-state index contributed by atoms with van der Waals surface area (Å²) in [5.74, 6) is 0.861. The summed E-state index contributed by atoms with van der Waals surface area (Å²) in [4.78, 5) is 20.2. The predicted molar refractivity (Wildman–Crippen MR) is 105 cm³/mol. The zero-order chi connectivity index (χ0) is 18.9. The standard InChI is InChI=1S/C19H21N3O3S2/c23-19(22-12-13-26-18-6-2-1-5-17(18)22)15-7-10-21(11-8-15)27(24,25)16-4-3-9-20-14-16/h1-6,9,14-15H,7-8,10-13H2. The van der Waals surface area contributed by atoms with Gasteiger partial charge in [-0.05, 0) is 37.1 Å². The second kappa shape index (κ2) is 7.61. The molecule has 0 bridgehead atoms. The number of anilines is 1. The van der Waals surface area contributed by atoms with Gasteiger partial charge in [0.25, 0.3) is 0 Å². The van der Waals surface area contributed by atoms with Crippen molar-refractivity contribution in [2.75, 3.05) is 30.3 Å². The maximum Gasteiger partial charge on any atom is 0.244 e. The Kier molecular flexibility index (Phi) is 5.21. The minimum atomic E-state index is -3.54. The van der Waals surface area contributed by atoms with Crippen molar-refractivity contribution in [1.82, 2.24) is 9.29 Å². The van der Waals surface area contributed by atoms with Crippen LogP contribution in [0.25, 0.3) is 0 Å². The van der Waals surface area contributed by atoms with Gasteiger partial charge in [-0.2, -0.15) is 4.31 Å². The Balaban J connectivity index is 1.45. The molecular formula is C19H21N3O3S2. The molecule has 6 nitrogen and oxygen atoms in total. The van der Waals surface area contributed by atoms with Crippen LogP contribution in [0.15, 0.2) is 58.6 Å². The van der Waals surface area contributed by atoms with Crippen molar-refractivity contribution < 1.29 is 13.2 Å². The van der Waals surface area contributed by atoms with Crippen molar-refractivity contribution in [1.29, 1.82) is 0 Å². The summed E-state index contributed by atoms with van der Waals surface area (Å²) < 4.78 is 26.9. The maximum absolute atomic E-state index is 13.1. The second-order valence-corrected chi connectivity index (χ2v) is 9.75. The molecule has 0 saturated carbocycles. The zero-order valence-corrected chi connectivity index (χ0v) is 16.5. The number of carbonyl (C=O) groups is 1. The van der Waals surface area contributed by atoms with Crippen LogP contribution in [0.5, 0.6) is 0 Å². The van der Waals surface area contributed by atoms with Crippen LogP contribution in [-0.4, -0.2) is 49.0 Å². The summed E-state index contributed by atoms with van der Waals surface area (Å²) in [6.45, 7) is 1.42. The second-order valence-electron chi connectivity index (χ2n) is 6.67. The molecule has 0 N–H and O–H groups in total. The van der Waals surface area contributed by atoms with E-state index in [4.69, 9.17) is 0 Å². The number of sulfonamides is 1. The third kappa shape index (κ3) is 3.61. The van der Waals surface area contributed by atoms with E-state index in [1.165, 1.54) is 10.5 Å². The number of rotatable bonds is 3. The van der Waals surface area contributed by atoms with Gasteiger partial charge in [-0.3, -0.25) is 9.78 Å². The summed E-state index contributed by atoms with van der Waals surface area (Å²) in [6.07, 6.45) is 4.02. The van der Waals surface area contributed by atoms with Crippen LogP contribution < -0.4 is 4.90 Å². The molecule has 27 heavy (non-hydrogen) atoms. The molecule has 0 unspecified atom stereocenters. The first-order valence-electron chi connectivity index (χ1n) is 9.01. The Bertz CT molecular complexity index is 926. The molecule has 2 aliphatic heterocycles. The number of hydrogen-bond acceptors (Lipinski definition) is 5. The Morgan fingerprint density at radius 1 is 1.07 bits per heavy atom. The summed E-state index contributed by atoms with van der Waals surface area (Å²) in [6, 6.07) is 11.1. The normalized spacial score (nSPS) is 18.9. The van der Waals surface area contributed by atoms with E-state index >= 15 is 0 Å². The van der Waals surface area contributed by atoms with Crippen LogP contribution in [0.1, 0.15) is 12.8 Å². The minimum absolute atomic E-state index is 0.112. The van der Waals surface area contributed by atoms with Crippen LogP contribution in [0.4, 0.5) is 5.69 Å². The SMILES string of the molecule is O=C(C1CCN(S(=O)(=O)c2cccnc2)CC1)N1CCSc2ccccc21. The largest absolute Gasteiger partial charge is 0.310 e. The number of piperidine rings is 1. The molecule has 0 radical (unpaired) electrons. The van der Waals surface area contributed by atoms with E-state index in [0.717, 1.165) is 16.3 Å². The van der Waals surface area contributed by atoms with Gasteiger partial charge in [0.05, 0.1) is 5.69 Å². The van der Waals surface area contributed by atoms with E-state index in [1.54, 1.807) is 30.1 Å². The molecule has 2 aromatic rings. The lowest BCUT2D eigenvalue weighted by Gasteiger charge is -2.35. The van der Waals surface area contributed by atoms with Crippen LogP contribution in [0, 0.1) is 5.92 Å². The van der Waals surface area contributed by atoms with Crippen molar-refractivity contribution >= 4 is 33.4 Å². The Morgan fingerprint density at radius 2 is 1.85 bits per heavy atom. The molecule has 2 aliphatic rings. The number of para-hydroxylation sites is 1. The number of thioether (sulfide) groups is 1. The summed E-state index contributed by atoms with van der Waals surface area (Å²) in [7, 11) is -3.54. The van der Waals surface area contributed by atoms with E-state index in [1.807, 2.05) is 29.2 Å². The molecule has 142 valence electrons. The fraction of sp³-hybridized carbons (Fsp3) is 0.368. The van der Waals surface area contributed by atoms with Gasteiger partial charge in [0, 0.05) is 48.6 Å². The Hall–Kier alpha value is -1.90. The van der Waals surface area contributed by atoms with Gasteiger partial charge in [-0.1, -0.05) is 12.1 Å². The van der Waals surface area contributed by atoms with Gasteiger partial charge in [-0.25, -0.2) is 8.42 Å². The molecule has 1 amide bonds. The molecule has 1 aromatic heterocycles. The molecule has 1 saturated heterocycles. The summed E-state index contributed by atoms with van der Waals surface area (Å²) >= 11 is 1.77. The number of pyridine rings is 1. The lowest BCUT2D eigenvalue weighted by molar-refractivity contribution is -0.123. The van der Waals surface area contributed by atoms with E-state index < -0.39 is 10.0 Å². The Labute approximate surface area is 163 Å². The number of benzene rings is 1. The van der Waals surface area contributed by atoms with Crippen molar-refractivity contribution in [3.63, 3.8) is 0 Å². The fourth-order valence-corrected chi connectivity index (χ4v) is 6.04. The topological polar surface area (TPSA) is 70.6 Å². The smallest absolute Gasteiger partial charge is 0.244 e. The van der Waals surface area contributed by atoms with Crippen LogP contribution in [-0.2, 0) is 14.8 Å². The first kappa shape index (κ1) is 18.5. The maximum atomic E-state index is 13.1. The predicted octanol–water partition coefficient (Wildman–Crippen LogP) is 2.62. The highest BCUT2D eigenvalue weighted by atomic mass is 32.2. The van der Waals surface area contributed by atoms with Crippen molar-refractivity contribution in [3.05, 3.63) is 48.8 Å². The van der Waals surface area contributed by atoms with Gasteiger partial charge in [0.2, 0.25) is 15.9 Å². The first-order chi connectivity index (χ1) is 13.1. The molecule has 0 atom stereocenters. The lowest BCUT2D eigenvalue weighted by atomic mass is 9.96. The van der Waals surface area contributed by atoms with E-state index in [-0.39, 0.29) is 16.7 Å². The number of amides is 1. The van der Waals surface area contributed by atoms with Gasteiger partial charge < -0.3 is 4.90 Å². The summed E-state index contributed by atoms with van der Waals surface area (Å²) in [5.41, 5.74) is 0.976. The highest BCUT2D eigenvalue weighted by Crippen LogP contribution is 2.36. The van der Waals surface area contributed by atoms with Crippen LogP contribution in [0.2, 0.25) is 0 Å². The number of aromatic nitrogens is 1. The minimum Gasteiger partial charge on any atom is -0.310 e. The first-order valence-corrected chi connectivity index (χ1v) is 11.4. The molecule has 8 heteroatoms. The average Bonchev–Trinajstić information content (AvgIpc) is 2.73. The van der Waals surface area contributed by atoms with Crippen molar-refractivity contribution in [2.45, 2.75) is 22.6 Å². The van der Waals surface area contributed by atoms with Gasteiger partial charge in [0.15, 0.2) is 0 Å². The highest BCUT2D eigenvalue weighted by molar-refractivity contribution is 7.99. The summed E-state index contributed by atoms with van der Waals surface area (Å²) in [5, 5.41) is 0. The highest BCUT2D eigenvalue weighted by Gasteiger charge is 2.35. The van der Waals surface area contributed by atoms with Crippen LogP contribution in [0.3, 0.4) is 0 Å². The molecule has 0 spiro atoms.